The summed E-state index contributed by atoms with van der Waals surface area (Å²) < 4.78 is 0. The summed E-state index contributed by atoms with van der Waals surface area (Å²) >= 11 is 6.08. The van der Waals surface area contributed by atoms with Crippen molar-refractivity contribution in [1.82, 2.24) is 0 Å². The van der Waals surface area contributed by atoms with Gasteiger partial charge in [-0.05, 0) is 41.2 Å². The van der Waals surface area contributed by atoms with Gasteiger partial charge in [-0.1, -0.05) is 32.4 Å². The first-order valence-electron chi connectivity index (χ1n) is 5.67. The maximum atomic E-state index is 10.4. The van der Waals surface area contributed by atoms with E-state index in [0.717, 1.165) is 16.7 Å². The first-order valence-corrected chi connectivity index (χ1v) is 6.05. The maximum absolute atomic E-state index is 10.4. The lowest BCUT2D eigenvalue weighted by Crippen LogP contribution is -2.19. The largest absolute Gasteiger partial charge is 0.388 e. The zero-order valence-corrected chi connectivity index (χ0v) is 11.8. The smallest absolute Gasteiger partial charge is 0.0841 e. The van der Waals surface area contributed by atoms with Crippen LogP contribution in [0.25, 0.3) is 0 Å². The van der Waals surface area contributed by atoms with Crippen molar-refractivity contribution >= 4 is 17.8 Å². The molecule has 2 nitrogen and oxygen atoms in total. The van der Waals surface area contributed by atoms with Crippen molar-refractivity contribution in [2.75, 3.05) is 7.05 Å². The molecule has 1 unspecified atom stereocenters. The molecule has 0 saturated heterocycles. The van der Waals surface area contributed by atoms with Gasteiger partial charge in [0.1, 0.15) is 0 Å². The van der Waals surface area contributed by atoms with Gasteiger partial charge >= 0.3 is 0 Å². The van der Waals surface area contributed by atoms with Crippen molar-refractivity contribution in [3.8, 4) is 0 Å². The van der Waals surface area contributed by atoms with Crippen LogP contribution in [0.5, 0.6) is 0 Å². The van der Waals surface area contributed by atoms with Gasteiger partial charge < -0.3 is 5.11 Å². The normalized spacial score (nSPS) is 14.3. The van der Waals surface area contributed by atoms with E-state index in [-0.39, 0.29) is 5.41 Å². The monoisotopic (exact) mass is 253 g/mol. The van der Waals surface area contributed by atoms with Gasteiger partial charge in [0.15, 0.2) is 0 Å². The second kappa shape index (κ2) is 5.19. The molecule has 1 N–H and O–H groups in total. The Bertz CT molecular complexity index is 433. The number of halogens is 1. The first-order chi connectivity index (χ1) is 7.77. The second-order valence-corrected chi connectivity index (χ2v) is 5.80. The van der Waals surface area contributed by atoms with Crippen molar-refractivity contribution in [1.29, 1.82) is 0 Å². The summed E-state index contributed by atoms with van der Waals surface area (Å²) in [7, 11) is 1.72. The lowest BCUT2D eigenvalue weighted by Gasteiger charge is -2.28. The standard InChI is InChI=1S/C14H20ClNO/c1-9-10(8-16-5)6-11(15)7-12(9)13(17)14(2,3)4/h6-8,13,17H,1-5H3. The van der Waals surface area contributed by atoms with Crippen LogP contribution in [0.15, 0.2) is 17.1 Å². The summed E-state index contributed by atoms with van der Waals surface area (Å²) in [5, 5.41) is 11.0. The molecular weight excluding hydrogens is 234 g/mol. The first kappa shape index (κ1) is 14.2. The van der Waals surface area contributed by atoms with Crippen LogP contribution in [-0.2, 0) is 0 Å². The number of benzene rings is 1. The Morgan fingerprint density at radius 2 is 1.94 bits per heavy atom. The molecule has 0 radical (unpaired) electrons. The number of rotatable bonds is 2. The highest BCUT2D eigenvalue weighted by atomic mass is 35.5. The molecule has 0 amide bonds. The lowest BCUT2D eigenvalue weighted by molar-refractivity contribution is 0.0621. The molecular formula is C14H20ClNO. The number of hydrogen-bond donors (Lipinski definition) is 1. The van der Waals surface area contributed by atoms with Gasteiger partial charge in [0, 0.05) is 18.3 Å². The molecule has 0 aliphatic heterocycles. The number of aliphatic imine (C=N–C) groups is 1. The molecule has 0 aliphatic rings. The Kier molecular flexibility index (Phi) is 4.34. The number of nitrogens with zero attached hydrogens (tertiary/aromatic N) is 1. The molecule has 0 heterocycles. The average molecular weight is 254 g/mol. The summed E-state index contributed by atoms with van der Waals surface area (Å²) in [6.45, 7) is 8.00. The fraction of sp³-hybridized carbons (Fsp3) is 0.500. The summed E-state index contributed by atoms with van der Waals surface area (Å²) in [6.07, 6.45) is 1.23. The van der Waals surface area contributed by atoms with E-state index >= 15 is 0 Å². The van der Waals surface area contributed by atoms with Gasteiger partial charge in [0.25, 0.3) is 0 Å². The molecule has 1 aromatic rings. The summed E-state index contributed by atoms with van der Waals surface area (Å²) in [5.41, 5.74) is 2.65. The molecule has 0 aromatic heterocycles. The van der Waals surface area contributed by atoms with Crippen LogP contribution < -0.4 is 0 Å². The van der Waals surface area contributed by atoms with E-state index in [1.165, 1.54) is 0 Å². The number of aliphatic hydroxyl groups excluding tert-OH is 1. The summed E-state index contributed by atoms with van der Waals surface area (Å²) in [5.74, 6) is 0. The molecule has 0 fully saturated rings. The molecule has 1 atom stereocenters. The van der Waals surface area contributed by atoms with Crippen LogP contribution in [0.1, 0.15) is 43.6 Å². The molecule has 1 rings (SSSR count). The Morgan fingerprint density at radius 1 is 1.35 bits per heavy atom. The van der Waals surface area contributed by atoms with E-state index < -0.39 is 6.10 Å². The van der Waals surface area contributed by atoms with Crippen molar-refractivity contribution in [2.45, 2.75) is 33.8 Å². The van der Waals surface area contributed by atoms with Gasteiger partial charge in [-0.2, -0.15) is 0 Å². The van der Waals surface area contributed by atoms with Gasteiger partial charge in [-0.15, -0.1) is 0 Å². The predicted octanol–water partition coefficient (Wildman–Crippen LogP) is 3.78. The van der Waals surface area contributed by atoms with Gasteiger partial charge in [0.05, 0.1) is 6.10 Å². The Hall–Kier alpha value is -0.860. The third kappa shape index (κ3) is 3.30. The Labute approximate surface area is 108 Å². The maximum Gasteiger partial charge on any atom is 0.0841 e. The minimum atomic E-state index is -0.537. The summed E-state index contributed by atoms with van der Waals surface area (Å²) in [6, 6.07) is 3.70. The fourth-order valence-electron chi connectivity index (χ4n) is 1.75. The van der Waals surface area contributed by atoms with Gasteiger partial charge in [-0.3, -0.25) is 4.99 Å². The molecule has 17 heavy (non-hydrogen) atoms. The third-order valence-electron chi connectivity index (χ3n) is 2.84. The van der Waals surface area contributed by atoms with E-state index in [2.05, 4.69) is 4.99 Å². The molecule has 0 aliphatic carbocycles. The molecule has 3 heteroatoms. The number of hydrogen-bond acceptors (Lipinski definition) is 2. The Morgan fingerprint density at radius 3 is 2.41 bits per heavy atom. The van der Waals surface area contributed by atoms with Crippen molar-refractivity contribution in [3.63, 3.8) is 0 Å². The highest BCUT2D eigenvalue weighted by Crippen LogP contribution is 2.36. The van der Waals surface area contributed by atoms with E-state index in [0.29, 0.717) is 5.02 Å². The molecule has 0 bridgehead atoms. The second-order valence-electron chi connectivity index (χ2n) is 5.37. The zero-order chi connectivity index (χ0) is 13.2. The van der Waals surface area contributed by atoms with Gasteiger partial charge in [0.2, 0.25) is 0 Å². The fourth-order valence-corrected chi connectivity index (χ4v) is 1.98. The highest BCUT2D eigenvalue weighted by Gasteiger charge is 2.26. The molecule has 0 saturated carbocycles. The van der Waals surface area contributed by atoms with E-state index in [9.17, 15) is 5.11 Å². The van der Waals surface area contributed by atoms with Crippen LogP contribution in [0.4, 0.5) is 0 Å². The van der Waals surface area contributed by atoms with E-state index in [4.69, 9.17) is 11.6 Å². The van der Waals surface area contributed by atoms with Crippen LogP contribution in [-0.4, -0.2) is 18.4 Å². The molecule has 94 valence electrons. The summed E-state index contributed by atoms with van der Waals surface area (Å²) in [4.78, 5) is 4.01. The molecule has 1 aromatic carbocycles. The average Bonchev–Trinajstić information content (AvgIpc) is 2.21. The SMILES string of the molecule is CN=Cc1cc(Cl)cc(C(O)C(C)(C)C)c1C. The topological polar surface area (TPSA) is 32.6 Å². The van der Waals surface area contributed by atoms with Crippen LogP contribution >= 0.6 is 11.6 Å². The zero-order valence-electron chi connectivity index (χ0n) is 11.1. The Balaban J connectivity index is 3.34. The quantitative estimate of drug-likeness (QED) is 0.800. The lowest BCUT2D eigenvalue weighted by atomic mass is 9.82. The third-order valence-corrected chi connectivity index (χ3v) is 3.05. The van der Waals surface area contributed by atoms with Crippen molar-refractivity contribution < 1.29 is 5.11 Å². The van der Waals surface area contributed by atoms with Crippen LogP contribution in [0, 0.1) is 12.3 Å². The van der Waals surface area contributed by atoms with Crippen molar-refractivity contribution in [2.24, 2.45) is 10.4 Å². The van der Waals surface area contributed by atoms with Crippen LogP contribution in [0.3, 0.4) is 0 Å². The van der Waals surface area contributed by atoms with Gasteiger partial charge in [-0.25, -0.2) is 0 Å². The van der Waals surface area contributed by atoms with E-state index in [1.807, 2.05) is 39.8 Å². The van der Waals surface area contributed by atoms with Crippen molar-refractivity contribution in [3.05, 3.63) is 33.8 Å². The predicted molar refractivity (Wildman–Crippen MR) is 74.1 cm³/mol. The van der Waals surface area contributed by atoms with E-state index in [1.54, 1.807) is 13.3 Å². The minimum absolute atomic E-state index is 0.212. The van der Waals surface area contributed by atoms with Crippen LogP contribution in [0.2, 0.25) is 5.02 Å². The minimum Gasteiger partial charge on any atom is -0.388 e. The highest BCUT2D eigenvalue weighted by molar-refractivity contribution is 6.31. The number of aliphatic hydroxyl groups is 1. The molecule has 0 spiro atoms.